The van der Waals surface area contributed by atoms with Crippen molar-refractivity contribution in [2.24, 2.45) is 0 Å². The molecule has 2 N–H and O–H groups in total. The van der Waals surface area contributed by atoms with Gasteiger partial charge in [0.05, 0.1) is 29.9 Å². The van der Waals surface area contributed by atoms with Crippen LogP contribution in [0, 0.1) is 0 Å². The fourth-order valence-electron chi connectivity index (χ4n) is 2.26. The molecule has 3 rings (SSSR count). The highest BCUT2D eigenvalue weighted by Crippen LogP contribution is 2.34. The van der Waals surface area contributed by atoms with E-state index in [1.165, 1.54) is 13.2 Å². The standard InChI is InChI=1S/C17H15ClN2O5/c1-23-17(22)10-2-4-12(18)13(6-10)19-8-16(21)20-11-3-5-14-15(7-11)25-9-24-14/h2-7,19H,8-9H2,1H3,(H,20,21). The Morgan fingerprint density at radius 2 is 1.96 bits per heavy atom. The molecule has 1 amide bonds. The molecule has 1 aliphatic heterocycles. The molecule has 0 unspecified atom stereocenters. The molecule has 2 aromatic rings. The van der Waals surface area contributed by atoms with E-state index in [9.17, 15) is 9.59 Å². The number of hydrogen-bond acceptors (Lipinski definition) is 6. The first kappa shape index (κ1) is 16.9. The van der Waals surface area contributed by atoms with E-state index in [2.05, 4.69) is 15.4 Å². The number of carbonyl (C=O) groups excluding carboxylic acids is 2. The third-order valence-corrected chi connectivity index (χ3v) is 3.81. The molecule has 0 radical (unpaired) electrons. The van der Waals surface area contributed by atoms with Crippen LogP contribution in [0.15, 0.2) is 36.4 Å². The van der Waals surface area contributed by atoms with E-state index in [-0.39, 0.29) is 19.2 Å². The van der Waals surface area contributed by atoms with Crippen LogP contribution in [0.25, 0.3) is 0 Å². The van der Waals surface area contributed by atoms with Crippen LogP contribution in [0.2, 0.25) is 5.02 Å². The third kappa shape index (κ3) is 3.95. The van der Waals surface area contributed by atoms with Crippen molar-refractivity contribution in [2.75, 3.05) is 31.1 Å². The van der Waals surface area contributed by atoms with E-state index >= 15 is 0 Å². The van der Waals surface area contributed by atoms with Crippen LogP contribution in [0.5, 0.6) is 11.5 Å². The summed E-state index contributed by atoms with van der Waals surface area (Å²) >= 11 is 6.07. The van der Waals surface area contributed by atoms with Gasteiger partial charge in [-0.15, -0.1) is 0 Å². The molecule has 2 aromatic carbocycles. The second-order valence-corrected chi connectivity index (χ2v) is 5.56. The van der Waals surface area contributed by atoms with Gasteiger partial charge in [-0.25, -0.2) is 4.79 Å². The van der Waals surface area contributed by atoms with Crippen LogP contribution in [0.4, 0.5) is 11.4 Å². The van der Waals surface area contributed by atoms with Crippen molar-refractivity contribution in [3.63, 3.8) is 0 Å². The molecule has 0 fully saturated rings. The fourth-order valence-corrected chi connectivity index (χ4v) is 2.44. The number of ether oxygens (including phenoxy) is 3. The molecule has 1 heterocycles. The van der Waals surface area contributed by atoms with Crippen molar-refractivity contribution >= 4 is 34.9 Å². The number of benzene rings is 2. The van der Waals surface area contributed by atoms with Gasteiger partial charge in [0, 0.05) is 11.8 Å². The Morgan fingerprint density at radius 3 is 2.76 bits per heavy atom. The normalized spacial score (nSPS) is 11.8. The number of halogens is 1. The van der Waals surface area contributed by atoms with Gasteiger partial charge in [-0.3, -0.25) is 4.79 Å². The van der Waals surface area contributed by atoms with Gasteiger partial charge in [-0.2, -0.15) is 0 Å². The highest BCUT2D eigenvalue weighted by molar-refractivity contribution is 6.33. The lowest BCUT2D eigenvalue weighted by Gasteiger charge is -2.10. The van der Waals surface area contributed by atoms with Gasteiger partial charge in [-0.1, -0.05) is 11.6 Å². The molecule has 0 saturated carbocycles. The maximum Gasteiger partial charge on any atom is 0.337 e. The highest BCUT2D eigenvalue weighted by atomic mass is 35.5. The molecule has 0 saturated heterocycles. The summed E-state index contributed by atoms with van der Waals surface area (Å²) in [6, 6.07) is 9.77. The van der Waals surface area contributed by atoms with Crippen LogP contribution < -0.4 is 20.1 Å². The Labute approximate surface area is 148 Å². The highest BCUT2D eigenvalue weighted by Gasteiger charge is 2.14. The summed E-state index contributed by atoms with van der Waals surface area (Å²) in [7, 11) is 1.29. The molecule has 0 bridgehead atoms. The van der Waals surface area contributed by atoms with Gasteiger partial charge in [0.15, 0.2) is 11.5 Å². The minimum atomic E-state index is -0.482. The Kier molecular flexibility index (Phi) is 4.95. The van der Waals surface area contributed by atoms with Crippen molar-refractivity contribution in [2.45, 2.75) is 0 Å². The number of hydrogen-bond donors (Lipinski definition) is 2. The topological polar surface area (TPSA) is 85.9 Å². The third-order valence-electron chi connectivity index (χ3n) is 3.48. The van der Waals surface area contributed by atoms with Crippen LogP contribution in [-0.4, -0.2) is 32.3 Å². The first-order chi connectivity index (χ1) is 12.1. The van der Waals surface area contributed by atoms with Crippen molar-refractivity contribution in [1.29, 1.82) is 0 Å². The van der Waals surface area contributed by atoms with Crippen LogP contribution >= 0.6 is 11.6 Å². The largest absolute Gasteiger partial charge is 0.465 e. The predicted octanol–water partition coefficient (Wildman–Crippen LogP) is 2.91. The Bertz CT molecular complexity index is 825. The average molecular weight is 363 g/mol. The molecular formula is C17H15ClN2O5. The smallest absolute Gasteiger partial charge is 0.337 e. The number of methoxy groups -OCH3 is 1. The quantitative estimate of drug-likeness (QED) is 0.795. The Balaban J connectivity index is 1.61. The molecule has 0 aliphatic carbocycles. The average Bonchev–Trinajstić information content (AvgIpc) is 3.08. The van der Waals surface area contributed by atoms with Crippen molar-refractivity contribution in [3.05, 3.63) is 47.0 Å². The number of anilines is 2. The number of carbonyl (C=O) groups is 2. The van der Waals surface area contributed by atoms with E-state index in [0.717, 1.165) is 0 Å². The molecule has 7 nitrogen and oxygen atoms in total. The number of nitrogens with one attached hydrogen (secondary N) is 2. The first-order valence-corrected chi connectivity index (χ1v) is 7.76. The van der Waals surface area contributed by atoms with Gasteiger partial charge in [0.2, 0.25) is 12.7 Å². The molecule has 1 aliphatic rings. The van der Waals surface area contributed by atoms with Gasteiger partial charge in [-0.05, 0) is 30.3 Å². The van der Waals surface area contributed by atoms with Gasteiger partial charge >= 0.3 is 5.97 Å². The second-order valence-electron chi connectivity index (χ2n) is 5.16. The maximum absolute atomic E-state index is 12.1. The van der Waals surface area contributed by atoms with Crippen LogP contribution in [0.1, 0.15) is 10.4 Å². The lowest BCUT2D eigenvalue weighted by molar-refractivity contribution is -0.114. The molecule has 25 heavy (non-hydrogen) atoms. The molecule has 0 spiro atoms. The predicted molar refractivity (Wildman–Crippen MR) is 92.5 cm³/mol. The van der Waals surface area contributed by atoms with Crippen molar-refractivity contribution in [1.82, 2.24) is 0 Å². The second kappa shape index (κ2) is 7.31. The summed E-state index contributed by atoms with van der Waals surface area (Å²) in [5.41, 5.74) is 1.39. The summed E-state index contributed by atoms with van der Waals surface area (Å²) in [5, 5.41) is 6.03. The minimum Gasteiger partial charge on any atom is -0.465 e. The van der Waals surface area contributed by atoms with E-state index in [4.69, 9.17) is 21.1 Å². The summed E-state index contributed by atoms with van der Waals surface area (Å²) in [4.78, 5) is 23.6. The molecule has 0 atom stereocenters. The van der Waals surface area contributed by atoms with E-state index in [1.54, 1.807) is 30.3 Å². The summed E-state index contributed by atoms with van der Waals surface area (Å²) < 4.78 is 15.1. The SMILES string of the molecule is COC(=O)c1ccc(Cl)c(NCC(=O)Nc2ccc3c(c2)OCO3)c1. The summed E-state index contributed by atoms with van der Waals surface area (Å²) in [6.07, 6.45) is 0. The van der Waals surface area contributed by atoms with E-state index in [0.29, 0.717) is 33.5 Å². The molecule has 0 aromatic heterocycles. The summed E-state index contributed by atoms with van der Waals surface area (Å²) in [5.74, 6) is 0.463. The monoisotopic (exact) mass is 362 g/mol. The zero-order valence-corrected chi connectivity index (χ0v) is 14.1. The van der Waals surface area contributed by atoms with Gasteiger partial charge < -0.3 is 24.8 Å². The van der Waals surface area contributed by atoms with Crippen LogP contribution in [0.3, 0.4) is 0 Å². The van der Waals surface area contributed by atoms with Crippen molar-refractivity contribution in [3.8, 4) is 11.5 Å². The zero-order valence-electron chi connectivity index (χ0n) is 13.3. The fraction of sp³-hybridized carbons (Fsp3) is 0.176. The molecule has 130 valence electrons. The number of amides is 1. The lowest BCUT2D eigenvalue weighted by atomic mass is 10.2. The molecular weight excluding hydrogens is 348 g/mol. The van der Waals surface area contributed by atoms with E-state index < -0.39 is 5.97 Å². The minimum absolute atomic E-state index is 0.0290. The van der Waals surface area contributed by atoms with E-state index in [1.807, 2.05) is 0 Å². The zero-order chi connectivity index (χ0) is 17.8. The van der Waals surface area contributed by atoms with Crippen molar-refractivity contribution < 1.29 is 23.8 Å². The number of esters is 1. The number of rotatable bonds is 5. The summed E-state index contributed by atoms with van der Waals surface area (Å²) in [6.45, 7) is 0.141. The van der Waals surface area contributed by atoms with Crippen LogP contribution in [-0.2, 0) is 9.53 Å². The first-order valence-electron chi connectivity index (χ1n) is 7.38. The molecule has 8 heteroatoms. The van der Waals surface area contributed by atoms with Gasteiger partial charge in [0.1, 0.15) is 0 Å². The Morgan fingerprint density at radius 1 is 1.16 bits per heavy atom. The Hall–Kier alpha value is -2.93. The number of fused-ring (bicyclic) bond motifs is 1. The lowest BCUT2D eigenvalue weighted by Crippen LogP contribution is -2.22. The maximum atomic E-state index is 12.1. The van der Waals surface area contributed by atoms with Gasteiger partial charge in [0.25, 0.3) is 0 Å².